The summed E-state index contributed by atoms with van der Waals surface area (Å²) in [6, 6.07) is 7.64. The molecular weight excluding hydrogens is 214 g/mol. The number of rotatable bonds is 4. The number of anilines is 1. The van der Waals surface area contributed by atoms with Crippen molar-refractivity contribution in [3.05, 3.63) is 36.4 Å². The summed E-state index contributed by atoms with van der Waals surface area (Å²) in [6.07, 6.45) is 3.31. The summed E-state index contributed by atoms with van der Waals surface area (Å²) < 4.78 is 5.25. The number of amides is 1. The second kappa shape index (κ2) is 5.64. The molecule has 90 valence electrons. The molecule has 1 aromatic rings. The normalized spacial score (nSPS) is 18.9. The average molecular weight is 231 g/mol. The van der Waals surface area contributed by atoms with Crippen molar-refractivity contribution in [1.29, 1.82) is 0 Å². The fraction of sp³-hybridized carbons (Fsp3) is 0.357. The van der Waals surface area contributed by atoms with Gasteiger partial charge in [0, 0.05) is 25.3 Å². The Labute approximate surface area is 101 Å². The summed E-state index contributed by atoms with van der Waals surface area (Å²) in [5, 5.41) is 2.89. The van der Waals surface area contributed by atoms with Crippen LogP contribution in [0.2, 0.25) is 0 Å². The van der Waals surface area contributed by atoms with E-state index in [1.165, 1.54) is 0 Å². The number of ether oxygens (including phenoxy) is 1. The largest absolute Gasteiger partial charge is 0.381 e. The lowest BCUT2D eigenvalue weighted by Gasteiger charge is -2.08. The van der Waals surface area contributed by atoms with Crippen molar-refractivity contribution in [2.75, 3.05) is 18.5 Å². The van der Waals surface area contributed by atoms with E-state index in [4.69, 9.17) is 4.74 Å². The van der Waals surface area contributed by atoms with Crippen molar-refractivity contribution >= 4 is 17.7 Å². The minimum absolute atomic E-state index is 0.0619. The zero-order valence-electron chi connectivity index (χ0n) is 9.82. The van der Waals surface area contributed by atoms with Crippen LogP contribution in [0.25, 0.3) is 6.08 Å². The SMILES string of the molecule is C=Cc1ccc(NC(=O)CC2CCOC2)cc1. The molecule has 1 aliphatic rings. The van der Waals surface area contributed by atoms with Gasteiger partial charge in [0.05, 0.1) is 0 Å². The average Bonchev–Trinajstić information content (AvgIpc) is 2.82. The molecule has 0 saturated carbocycles. The Kier molecular flexibility index (Phi) is 3.94. The van der Waals surface area contributed by atoms with Crippen LogP contribution in [-0.4, -0.2) is 19.1 Å². The van der Waals surface area contributed by atoms with E-state index in [9.17, 15) is 4.79 Å². The van der Waals surface area contributed by atoms with Crippen LogP contribution in [0, 0.1) is 5.92 Å². The minimum Gasteiger partial charge on any atom is -0.381 e. The van der Waals surface area contributed by atoms with Crippen molar-refractivity contribution in [2.24, 2.45) is 5.92 Å². The van der Waals surface area contributed by atoms with Gasteiger partial charge in [-0.3, -0.25) is 4.79 Å². The van der Waals surface area contributed by atoms with Crippen LogP contribution in [0.15, 0.2) is 30.8 Å². The van der Waals surface area contributed by atoms with Crippen LogP contribution in [0.3, 0.4) is 0 Å². The third-order valence-electron chi connectivity index (χ3n) is 2.93. The Morgan fingerprint density at radius 1 is 1.47 bits per heavy atom. The van der Waals surface area contributed by atoms with E-state index in [2.05, 4.69) is 11.9 Å². The summed E-state index contributed by atoms with van der Waals surface area (Å²) in [4.78, 5) is 11.7. The lowest BCUT2D eigenvalue weighted by molar-refractivity contribution is -0.117. The number of carbonyl (C=O) groups is 1. The zero-order valence-corrected chi connectivity index (χ0v) is 9.82. The van der Waals surface area contributed by atoms with E-state index in [0.717, 1.165) is 24.3 Å². The highest BCUT2D eigenvalue weighted by atomic mass is 16.5. The highest BCUT2D eigenvalue weighted by Crippen LogP contribution is 2.17. The summed E-state index contributed by atoms with van der Waals surface area (Å²) in [6.45, 7) is 5.18. The number of hydrogen-bond acceptors (Lipinski definition) is 2. The van der Waals surface area contributed by atoms with Crippen molar-refractivity contribution in [3.63, 3.8) is 0 Å². The molecule has 1 fully saturated rings. The molecule has 1 atom stereocenters. The van der Waals surface area contributed by atoms with Crippen LogP contribution in [0.1, 0.15) is 18.4 Å². The molecule has 1 N–H and O–H groups in total. The fourth-order valence-corrected chi connectivity index (χ4v) is 1.92. The Hall–Kier alpha value is -1.61. The Bertz CT molecular complexity index is 391. The van der Waals surface area contributed by atoms with Crippen molar-refractivity contribution in [3.8, 4) is 0 Å². The first-order chi connectivity index (χ1) is 8.28. The Morgan fingerprint density at radius 2 is 2.24 bits per heavy atom. The van der Waals surface area contributed by atoms with Gasteiger partial charge in [-0.05, 0) is 30.0 Å². The van der Waals surface area contributed by atoms with E-state index in [0.29, 0.717) is 18.9 Å². The highest BCUT2D eigenvalue weighted by molar-refractivity contribution is 5.90. The maximum atomic E-state index is 11.7. The van der Waals surface area contributed by atoms with Crippen LogP contribution in [0.4, 0.5) is 5.69 Å². The van der Waals surface area contributed by atoms with Gasteiger partial charge in [0.2, 0.25) is 5.91 Å². The van der Waals surface area contributed by atoms with E-state index in [-0.39, 0.29) is 5.91 Å². The second-order valence-corrected chi connectivity index (χ2v) is 4.31. The molecule has 1 aliphatic heterocycles. The molecular formula is C14H17NO2. The summed E-state index contributed by atoms with van der Waals surface area (Å²) in [7, 11) is 0. The number of carbonyl (C=O) groups excluding carboxylic acids is 1. The molecule has 1 amide bonds. The summed E-state index contributed by atoms with van der Waals surface area (Å²) >= 11 is 0. The van der Waals surface area contributed by atoms with E-state index in [1.54, 1.807) is 6.08 Å². The van der Waals surface area contributed by atoms with Crippen molar-refractivity contribution in [1.82, 2.24) is 0 Å². The lowest BCUT2D eigenvalue weighted by atomic mass is 10.0. The van der Waals surface area contributed by atoms with Gasteiger partial charge in [-0.15, -0.1) is 0 Å². The van der Waals surface area contributed by atoms with E-state index < -0.39 is 0 Å². The monoisotopic (exact) mass is 231 g/mol. The van der Waals surface area contributed by atoms with Gasteiger partial charge in [0.1, 0.15) is 0 Å². The predicted octanol–water partition coefficient (Wildman–Crippen LogP) is 2.69. The Morgan fingerprint density at radius 3 is 2.82 bits per heavy atom. The molecule has 17 heavy (non-hydrogen) atoms. The molecule has 3 heteroatoms. The first-order valence-corrected chi connectivity index (χ1v) is 5.88. The third kappa shape index (κ3) is 3.43. The highest BCUT2D eigenvalue weighted by Gasteiger charge is 2.18. The number of nitrogens with one attached hydrogen (secondary N) is 1. The third-order valence-corrected chi connectivity index (χ3v) is 2.93. The molecule has 0 spiro atoms. The number of benzene rings is 1. The van der Waals surface area contributed by atoms with Gasteiger partial charge in [-0.1, -0.05) is 24.8 Å². The molecule has 0 aromatic heterocycles. The van der Waals surface area contributed by atoms with Gasteiger partial charge in [0.25, 0.3) is 0 Å². The molecule has 1 unspecified atom stereocenters. The fourth-order valence-electron chi connectivity index (χ4n) is 1.92. The first kappa shape index (κ1) is 11.9. The minimum atomic E-state index is 0.0619. The Balaban J connectivity index is 1.86. The molecule has 1 heterocycles. The zero-order chi connectivity index (χ0) is 12.1. The summed E-state index contributed by atoms with van der Waals surface area (Å²) in [5.74, 6) is 0.439. The molecule has 1 aromatic carbocycles. The van der Waals surface area contributed by atoms with Gasteiger partial charge in [-0.25, -0.2) is 0 Å². The van der Waals surface area contributed by atoms with E-state index in [1.807, 2.05) is 24.3 Å². The van der Waals surface area contributed by atoms with E-state index >= 15 is 0 Å². The van der Waals surface area contributed by atoms with Crippen molar-refractivity contribution < 1.29 is 9.53 Å². The lowest BCUT2D eigenvalue weighted by Crippen LogP contribution is -2.16. The van der Waals surface area contributed by atoms with Gasteiger partial charge in [0.15, 0.2) is 0 Å². The van der Waals surface area contributed by atoms with Gasteiger partial charge in [-0.2, -0.15) is 0 Å². The maximum absolute atomic E-state index is 11.7. The molecule has 0 radical (unpaired) electrons. The quantitative estimate of drug-likeness (QED) is 0.865. The predicted molar refractivity (Wildman–Crippen MR) is 68.7 cm³/mol. The first-order valence-electron chi connectivity index (χ1n) is 5.88. The molecule has 1 saturated heterocycles. The van der Waals surface area contributed by atoms with Gasteiger partial charge < -0.3 is 10.1 Å². The smallest absolute Gasteiger partial charge is 0.224 e. The van der Waals surface area contributed by atoms with Crippen LogP contribution >= 0.6 is 0 Å². The molecule has 0 bridgehead atoms. The van der Waals surface area contributed by atoms with Gasteiger partial charge >= 0.3 is 0 Å². The molecule has 0 aliphatic carbocycles. The van der Waals surface area contributed by atoms with Crippen molar-refractivity contribution in [2.45, 2.75) is 12.8 Å². The van der Waals surface area contributed by atoms with Crippen LogP contribution < -0.4 is 5.32 Å². The summed E-state index contributed by atoms with van der Waals surface area (Å²) in [5.41, 5.74) is 1.88. The second-order valence-electron chi connectivity index (χ2n) is 4.31. The van der Waals surface area contributed by atoms with Crippen LogP contribution in [-0.2, 0) is 9.53 Å². The number of hydrogen-bond donors (Lipinski definition) is 1. The molecule has 2 rings (SSSR count). The molecule has 3 nitrogen and oxygen atoms in total. The topological polar surface area (TPSA) is 38.3 Å². The van der Waals surface area contributed by atoms with Crippen LogP contribution in [0.5, 0.6) is 0 Å². The maximum Gasteiger partial charge on any atom is 0.224 e. The standard InChI is InChI=1S/C14H17NO2/c1-2-11-3-5-13(6-4-11)15-14(16)9-12-7-8-17-10-12/h2-6,12H,1,7-10H2,(H,15,16).